The monoisotopic (exact) mass is 547 g/mol. The zero-order valence-corrected chi connectivity index (χ0v) is 23.7. The molecule has 0 saturated heterocycles. The van der Waals surface area contributed by atoms with Crippen molar-refractivity contribution in [2.45, 2.75) is 46.1 Å². The fourth-order valence-corrected chi connectivity index (χ4v) is 3.56. The molecule has 0 fully saturated rings. The van der Waals surface area contributed by atoms with Crippen molar-refractivity contribution in [3.05, 3.63) is 41.5 Å². The molecule has 2 amide bonds. The first kappa shape index (κ1) is 32.0. The van der Waals surface area contributed by atoms with Crippen LogP contribution in [0.1, 0.15) is 44.7 Å². The smallest absolute Gasteiger partial charge is 0.308 e. The van der Waals surface area contributed by atoms with Gasteiger partial charge >= 0.3 is 5.97 Å². The molecule has 0 aromatic heterocycles. The Kier molecular flexibility index (Phi) is 13.7. The lowest BCUT2D eigenvalue weighted by atomic mass is 10.1. The molecule has 0 N–H and O–H groups in total. The number of imide groups is 1. The molecule has 0 aliphatic carbocycles. The number of ether oxygens (including phenoxy) is 6. The maximum Gasteiger partial charge on any atom is 0.308 e. The van der Waals surface area contributed by atoms with Gasteiger partial charge in [-0.15, -0.1) is 0 Å². The molecule has 2 rings (SSSR count). The summed E-state index contributed by atoms with van der Waals surface area (Å²) in [5.41, 5.74) is 1.11. The van der Waals surface area contributed by atoms with Crippen molar-refractivity contribution in [3.63, 3.8) is 0 Å². The first-order chi connectivity index (χ1) is 18.6. The topological polar surface area (TPSA) is 110 Å². The third-order valence-electron chi connectivity index (χ3n) is 5.30. The van der Waals surface area contributed by atoms with Crippen LogP contribution in [0.2, 0.25) is 0 Å². The van der Waals surface area contributed by atoms with E-state index in [1.54, 1.807) is 25.3 Å². The number of hydrogen-bond acceptors (Lipinski definition) is 9. The summed E-state index contributed by atoms with van der Waals surface area (Å²) in [6.45, 7) is 10.4. The number of hydrogen-bond donors (Lipinski definition) is 0. The molecule has 39 heavy (non-hydrogen) atoms. The number of carbonyl (C=O) groups excluding carboxylic acids is 3. The number of methoxy groups -OCH3 is 1. The maximum atomic E-state index is 12.4. The molecule has 1 aliphatic heterocycles. The van der Waals surface area contributed by atoms with Gasteiger partial charge in [-0.3, -0.25) is 19.3 Å². The molecule has 216 valence electrons. The van der Waals surface area contributed by atoms with E-state index in [1.165, 1.54) is 17.1 Å². The van der Waals surface area contributed by atoms with Crippen LogP contribution in [0.3, 0.4) is 0 Å². The van der Waals surface area contributed by atoms with E-state index in [-0.39, 0.29) is 24.2 Å². The Hall–Kier alpha value is -3.21. The minimum atomic E-state index is -0.490. The maximum absolute atomic E-state index is 12.4. The molecule has 0 spiro atoms. The van der Waals surface area contributed by atoms with Gasteiger partial charge in [-0.1, -0.05) is 6.08 Å². The van der Waals surface area contributed by atoms with Gasteiger partial charge in [0.25, 0.3) is 11.8 Å². The van der Waals surface area contributed by atoms with E-state index in [0.717, 1.165) is 11.1 Å². The van der Waals surface area contributed by atoms with E-state index in [9.17, 15) is 14.4 Å². The van der Waals surface area contributed by atoms with Gasteiger partial charge in [0.1, 0.15) is 12.2 Å². The van der Waals surface area contributed by atoms with E-state index in [2.05, 4.69) is 0 Å². The Bertz CT molecular complexity index is 1010. The number of esters is 1. The zero-order valence-electron chi connectivity index (χ0n) is 23.7. The minimum absolute atomic E-state index is 0.211. The second-order valence-electron chi connectivity index (χ2n) is 9.74. The predicted octanol–water partition coefficient (Wildman–Crippen LogP) is 3.49. The first-order valence-electron chi connectivity index (χ1n) is 13.1. The molecule has 0 atom stereocenters. The van der Waals surface area contributed by atoms with Crippen molar-refractivity contribution in [2.75, 3.05) is 59.9 Å². The van der Waals surface area contributed by atoms with E-state index >= 15 is 0 Å². The van der Waals surface area contributed by atoms with Crippen molar-refractivity contribution in [2.24, 2.45) is 0 Å². The summed E-state index contributed by atoms with van der Waals surface area (Å²) in [6.07, 6.45) is 7.09. The van der Waals surface area contributed by atoms with Gasteiger partial charge in [0.2, 0.25) is 0 Å². The molecule has 1 aromatic rings. The highest BCUT2D eigenvalue weighted by Gasteiger charge is 2.19. The predicted molar refractivity (Wildman–Crippen MR) is 146 cm³/mol. The molecule has 0 saturated carbocycles. The third kappa shape index (κ3) is 12.5. The van der Waals surface area contributed by atoms with Crippen molar-refractivity contribution in [3.8, 4) is 11.5 Å². The van der Waals surface area contributed by atoms with Crippen LogP contribution in [-0.4, -0.2) is 88.2 Å². The highest BCUT2D eigenvalue weighted by atomic mass is 16.6. The summed E-state index contributed by atoms with van der Waals surface area (Å²) in [5.74, 6) is 0.197. The largest absolute Gasteiger partial charge is 0.493 e. The van der Waals surface area contributed by atoms with Crippen LogP contribution in [0.25, 0.3) is 6.08 Å². The van der Waals surface area contributed by atoms with Crippen LogP contribution in [0.4, 0.5) is 0 Å². The Balaban J connectivity index is 1.62. The van der Waals surface area contributed by atoms with E-state index < -0.39 is 5.60 Å². The van der Waals surface area contributed by atoms with Crippen molar-refractivity contribution in [1.82, 2.24) is 4.90 Å². The second kappa shape index (κ2) is 16.7. The average molecular weight is 548 g/mol. The highest BCUT2D eigenvalue weighted by Crippen LogP contribution is 2.33. The quantitative estimate of drug-likeness (QED) is 0.174. The summed E-state index contributed by atoms with van der Waals surface area (Å²) in [6, 6.07) is 3.65. The lowest BCUT2D eigenvalue weighted by Crippen LogP contribution is -2.37. The molecular weight excluding hydrogens is 506 g/mol. The molecule has 1 heterocycles. The molecular formula is C29H41NO9. The minimum Gasteiger partial charge on any atom is -0.493 e. The number of amides is 2. The summed E-state index contributed by atoms with van der Waals surface area (Å²) < 4.78 is 32.9. The Morgan fingerprint density at radius 3 is 2.23 bits per heavy atom. The van der Waals surface area contributed by atoms with Crippen molar-refractivity contribution < 1.29 is 42.8 Å². The SMILES string of the molecule is COc1cc(/C=C/C(=O)N2CCC=CC2=O)cc(C)c1OCCOCCOCCOCCC(=O)OC(C)(C)C. The van der Waals surface area contributed by atoms with E-state index in [4.69, 9.17) is 28.4 Å². The standard InChI is InChI=1S/C29H41NO9/c1-22-20-23(9-10-26(32)30-12-7-6-8-25(30)31)21-24(34-5)28(22)38-19-18-37-17-16-36-15-14-35-13-11-27(33)39-29(2,3)4/h6,8-10,20-21H,7,11-19H2,1-5H3/b10-9+. The highest BCUT2D eigenvalue weighted by molar-refractivity contribution is 6.06. The Labute approximate surface area is 230 Å². The summed E-state index contributed by atoms with van der Waals surface area (Å²) >= 11 is 0. The van der Waals surface area contributed by atoms with Gasteiger partial charge in [0.15, 0.2) is 11.5 Å². The van der Waals surface area contributed by atoms with E-state index in [0.29, 0.717) is 70.7 Å². The van der Waals surface area contributed by atoms with Crippen LogP contribution in [0.15, 0.2) is 30.4 Å². The zero-order chi connectivity index (χ0) is 28.7. The van der Waals surface area contributed by atoms with Crippen LogP contribution in [0, 0.1) is 6.92 Å². The molecule has 1 aromatic carbocycles. The summed E-state index contributed by atoms with van der Waals surface area (Å²) in [7, 11) is 1.55. The average Bonchev–Trinajstić information content (AvgIpc) is 2.87. The molecule has 10 nitrogen and oxygen atoms in total. The fourth-order valence-electron chi connectivity index (χ4n) is 3.56. The van der Waals surface area contributed by atoms with Crippen LogP contribution >= 0.6 is 0 Å². The second-order valence-corrected chi connectivity index (χ2v) is 9.74. The molecule has 10 heteroatoms. The first-order valence-corrected chi connectivity index (χ1v) is 13.1. The van der Waals surface area contributed by atoms with Gasteiger partial charge in [0, 0.05) is 12.6 Å². The summed E-state index contributed by atoms with van der Waals surface area (Å²) in [5, 5.41) is 0. The van der Waals surface area contributed by atoms with Gasteiger partial charge in [-0.2, -0.15) is 0 Å². The normalized spacial score (nSPS) is 13.7. The van der Waals surface area contributed by atoms with Gasteiger partial charge < -0.3 is 28.4 Å². The molecule has 0 radical (unpaired) electrons. The number of benzene rings is 1. The number of nitrogens with zero attached hydrogens (tertiary/aromatic N) is 1. The number of carbonyl (C=O) groups is 3. The number of aryl methyl sites for hydroxylation is 1. The van der Waals surface area contributed by atoms with Crippen LogP contribution < -0.4 is 9.47 Å². The molecule has 1 aliphatic rings. The number of rotatable bonds is 16. The molecule has 0 bridgehead atoms. The molecule has 0 unspecified atom stereocenters. The fraction of sp³-hybridized carbons (Fsp3) is 0.552. The summed E-state index contributed by atoms with van der Waals surface area (Å²) in [4.78, 5) is 37.0. The lowest BCUT2D eigenvalue weighted by molar-refractivity contribution is -0.156. The van der Waals surface area contributed by atoms with Crippen LogP contribution in [0.5, 0.6) is 11.5 Å². The third-order valence-corrected chi connectivity index (χ3v) is 5.30. The van der Waals surface area contributed by atoms with E-state index in [1.807, 2.05) is 33.8 Å². The van der Waals surface area contributed by atoms with Crippen molar-refractivity contribution in [1.29, 1.82) is 0 Å². The van der Waals surface area contributed by atoms with Gasteiger partial charge in [0.05, 0.1) is 53.2 Å². The van der Waals surface area contributed by atoms with Crippen LogP contribution in [-0.2, 0) is 33.3 Å². The van der Waals surface area contributed by atoms with Gasteiger partial charge in [-0.25, -0.2) is 0 Å². The Morgan fingerprint density at radius 1 is 0.974 bits per heavy atom. The van der Waals surface area contributed by atoms with Gasteiger partial charge in [-0.05, 0) is 69.5 Å². The Morgan fingerprint density at radius 2 is 1.62 bits per heavy atom. The van der Waals surface area contributed by atoms with Crippen molar-refractivity contribution >= 4 is 23.9 Å². The lowest BCUT2D eigenvalue weighted by Gasteiger charge is -2.19.